The van der Waals surface area contributed by atoms with Crippen molar-refractivity contribution in [2.24, 2.45) is 5.92 Å². The van der Waals surface area contributed by atoms with Gasteiger partial charge in [-0.15, -0.1) is 0 Å². The molecule has 0 aromatic carbocycles. The number of likely N-dealkylation sites (tertiary alicyclic amines) is 1. The van der Waals surface area contributed by atoms with E-state index in [0.717, 1.165) is 18.8 Å². The summed E-state index contributed by atoms with van der Waals surface area (Å²) in [7, 11) is 0. The number of amides is 2. The summed E-state index contributed by atoms with van der Waals surface area (Å²) in [5.41, 5.74) is 0. The Balaban J connectivity index is 1.99. The third-order valence-electron chi connectivity index (χ3n) is 4.23. The van der Waals surface area contributed by atoms with Crippen LogP contribution in [0.4, 0.5) is 0 Å². The quantitative estimate of drug-likeness (QED) is 0.801. The monoisotopic (exact) mass is 321 g/mol. The standard InChI is InChI=1S/C17H27N3O3/c1-12(2)16(19-13(3)21)17(22)18-11-14(15-7-6-10-23-15)20-8-4-5-9-20/h6-7,10,12,14,16H,4-5,8-9,11H2,1-3H3,(H,18,22)(H,19,21)/t14-,16-/m0/s1. The highest BCUT2D eigenvalue weighted by atomic mass is 16.3. The van der Waals surface area contributed by atoms with E-state index in [0.29, 0.717) is 6.54 Å². The number of nitrogens with one attached hydrogen (secondary N) is 2. The lowest BCUT2D eigenvalue weighted by Crippen LogP contribution is -2.50. The zero-order valence-electron chi connectivity index (χ0n) is 14.2. The van der Waals surface area contributed by atoms with Crippen LogP contribution in [0.1, 0.15) is 45.4 Å². The van der Waals surface area contributed by atoms with E-state index in [1.165, 1.54) is 19.8 Å². The normalized spacial score (nSPS) is 17.9. The van der Waals surface area contributed by atoms with E-state index in [4.69, 9.17) is 4.42 Å². The van der Waals surface area contributed by atoms with Gasteiger partial charge in [0.05, 0.1) is 12.3 Å². The molecular formula is C17H27N3O3. The van der Waals surface area contributed by atoms with Crippen molar-refractivity contribution in [3.05, 3.63) is 24.2 Å². The molecule has 2 heterocycles. The van der Waals surface area contributed by atoms with Gasteiger partial charge in [0.25, 0.3) is 0 Å². The van der Waals surface area contributed by atoms with Gasteiger partial charge in [-0.05, 0) is 44.0 Å². The van der Waals surface area contributed by atoms with Crippen LogP contribution in [0.25, 0.3) is 0 Å². The van der Waals surface area contributed by atoms with Gasteiger partial charge in [0, 0.05) is 13.5 Å². The fourth-order valence-corrected chi connectivity index (χ4v) is 3.00. The maximum absolute atomic E-state index is 12.4. The van der Waals surface area contributed by atoms with Crippen LogP contribution >= 0.6 is 0 Å². The van der Waals surface area contributed by atoms with Gasteiger partial charge >= 0.3 is 0 Å². The molecule has 2 N–H and O–H groups in total. The highest BCUT2D eigenvalue weighted by molar-refractivity contribution is 5.87. The lowest BCUT2D eigenvalue weighted by molar-refractivity contribution is -0.129. The van der Waals surface area contributed by atoms with Crippen molar-refractivity contribution >= 4 is 11.8 Å². The molecule has 0 saturated carbocycles. The van der Waals surface area contributed by atoms with E-state index in [1.54, 1.807) is 6.26 Å². The predicted octanol–water partition coefficient (Wildman–Crippen LogP) is 1.69. The number of rotatable bonds is 7. The van der Waals surface area contributed by atoms with Gasteiger partial charge in [-0.2, -0.15) is 0 Å². The molecular weight excluding hydrogens is 294 g/mol. The molecule has 1 aromatic rings. The van der Waals surface area contributed by atoms with Gasteiger partial charge in [-0.25, -0.2) is 0 Å². The molecule has 0 bridgehead atoms. The summed E-state index contributed by atoms with van der Waals surface area (Å²) >= 11 is 0. The Labute approximate surface area is 137 Å². The van der Waals surface area contributed by atoms with Crippen molar-refractivity contribution < 1.29 is 14.0 Å². The molecule has 2 atom stereocenters. The first kappa shape index (κ1) is 17.5. The van der Waals surface area contributed by atoms with E-state index in [9.17, 15) is 9.59 Å². The highest BCUT2D eigenvalue weighted by Crippen LogP contribution is 2.24. The lowest BCUT2D eigenvalue weighted by atomic mass is 10.0. The molecule has 128 valence electrons. The minimum Gasteiger partial charge on any atom is -0.468 e. The van der Waals surface area contributed by atoms with E-state index in [-0.39, 0.29) is 23.8 Å². The molecule has 1 aliphatic rings. The average Bonchev–Trinajstić information content (AvgIpc) is 3.17. The maximum Gasteiger partial charge on any atom is 0.242 e. The zero-order valence-corrected chi connectivity index (χ0v) is 14.2. The first-order valence-corrected chi connectivity index (χ1v) is 8.31. The molecule has 6 nitrogen and oxygen atoms in total. The van der Waals surface area contributed by atoms with Crippen LogP contribution in [0.3, 0.4) is 0 Å². The van der Waals surface area contributed by atoms with Crippen LogP contribution in [-0.2, 0) is 9.59 Å². The Morgan fingerprint density at radius 1 is 1.30 bits per heavy atom. The van der Waals surface area contributed by atoms with Gasteiger partial charge in [-0.3, -0.25) is 14.5 Å². The highest BCUT2D eigenvalue weighted by Gasteiger charge is 2.28. The SMILES string of the molecule is CC(=O)N[C@H](C(=O)NC[C@@H](c1ccco1)N1CCCC1)C(C)C. The molecule has 2 rings (SSSR count). The molecule has 1 aliphatic heterocycles. The van der Waals surface area contributed by atoms with Crippen LogP contribution in [0, 0.1) is 5.92 Å². The first-order valence-electron chi connectivity index (χ1n) is 8.31. The second-order valence-corrected chi connectivity index (χ2v) is 6.44. The van der Waals surface area contributed by atoms with Crippen LogP contribution in [0.15, 0.2) is 22.8 Å². The van der Waals surface area contributed by atoms with Crippen molar-refractivity contribution in [2.75, 3.05) is 19.6 Å². The van der Waals surface area contributed by atoms with Gasteiger partial charge in [-0.1, -0.05) is 13.8 Å². The average molecular weight is 321 g/mol. The van der Waals surface area contributed by atoms with Crippen LogP contribution in [0.2, 0.25) is 0 Å². The Morgan fingerprint density at radius 3 is 2.52 bits per heavy atom. The molecule has 6 heteroatoms. The topological polar surface area (TPSA) is 74.6 Å². The summed E-state index contributed by atoms with van der Waals surface area (Å²) in [4.78, 5) is 26.1. The third-order valence-corrected chi connectivity index (χ3v) is 4.23. The van der Waals surface area contributed by atoms with Crippen molar-refractivity contribution in [3.63, 3.8) is 0 Å². The predicted molar refractivity (Wildman–Crippen MR) is 87.7 cm³/mol. The number of hydrogen-bond acceptors (Lipinski definition) is 4. The van der Waals surface area contributed by atoms with E-state index < -0.39 is 6.04 Å². The van der Waals surface area contributed by atoms with E-state index in [1.807, 2.05) is 26.0 Å². The largest absolute Gasteiger partial charge is 0.468 e. The number of carbonyl (C=O) groups is 2. The first-order chi connectivity index (χ1) is 11.0. The van der Waals surface area contributed by atoms with Gasteiger partial charge < -0.3 is 15.1 Å². The second-order valence-electron chi connectivity index (χ2n) is 6.44. The van der Waals surface area contributed by atoms with Gasteiger partial charge in [0.1, 0.15) is 11.8 Å². The summed E-state index contributed by atoms with van der Waals surface area (Å²) < 4.78 is 5.55. The van der Waals surface area contributed by atoms with Crippen LogP contribution < -0.4 is 10.6 Å². The molecule has 0 radical (unpaired) electrons. The molecule has 1 aromatic heterocycles. The molecule has 23 heavy (non-hydrogen) atoms. The molecule has 1 saturated heterocycles. The third kappa shape index (κ3) is 4.82. The van der Waals surface area contributed by atoms with Crippen LogP contribution in [0.5, 0.6) is 0 Å². The van der Waals surface area contributed by atoms with Crippen molar-refractivity contribution in [1.29, 1.82) is 0 Å². The minimum absolute atomic E-state index is 0.0350. The van der Waals surface area contributed by atoms with Crippen molar-refractivity contribution in [3.8, 4) is 0 Å². The van der Waals surface area contributed by atoms with Crippen molar-refractivity contribution in [2.45, 2.75) is 45.7 Å². The molecule has 0 unspecified atom stereocenters. The van der Waals surface area contributed by atoms with Gasteiger partial charge in [0.2, 0.25) is 11.8 Å². The summed E-state index contributed by atoms with van der Waals surface area (Å²) in [6.07, 6.45) is 4.01. The Morgan fingerprint density at radius 2 is 2.00 bits per heavy atom. The Hall–Kier alpha value is -1.82. The number of hydrogen-bond donors (Lipinski definition) is 2. The zero-order chi connectivity index (χ0) is 16.8. The smallest absolute Gasteiger partial charge is 0.242 e. The lowest BCUT2D eigenvalue weighted by Gasteiger charge is -2.27. The Bertz CT molecular complexity index is 507. The minimum atomic E-state index is -0.511. The fourth-order valence-electron chi connectivity index (χ4n) is 3.00. The Kier molecular flexibility index (Phi) is 6.21. The molecule has 0 aliphatic carbocycles. The van der Waals surface area contributed by atoms with Crippen LogP contribution in [-0.4, -0.2) is 42.4 Å². The summed E-state index contributed by atoms with van der Waals surface area (Å²) in [5, 5.41) is 5.70. The summed E-state index contributed by atoms with van der Waals surface area (Å²) in [6, 6.07) is 3.35. The van der Waals surface area contributed by atoms with E-state index >= 15 is 0 Å². The molecule has 1 fully saturated rings. The summed E-state index contributed by atoms with van der Waals surface area (Å²) in [5.74, 6) is 0.563. The second kappa shape index (κ2) is 8.15. The maximum atomic E-state index is 12.4. The number of nitrogens with zero attached hydrogens (tertiary/aromatic N) is 1. The van der Waals surface area contributed by atoms with Gasteiger partial charge in [0.15, 0.2) is 0 Å². The fraction of sp³-hybridized carbons (Fsp3) is 0.647. The number of furan rings is 1. The molecule has 0 spiro atoms. The number of carbonyl (C=O) groups excluding carboxylic acids is 2. The molecule has 2 amide bonds. The van der Waals surface area contributed by atoms with Crippen molar-refractivity contribution in [1.82, 2.24) is 15.5 Å². The van der Waals surface area contributed by atoms with E-state index in [2.05, 4.69) is 15.5 Å². The summed E-state index contributed by atoms with van der Waals surface area (Å²) in [6.45, 7) is 7.78.